The van der Waals surface area contributed by atoms with Crippen molar-refractivity contribution in [3.05, 3.63) is 82.0 Å². The van der Waals surface area contributed by atoms with Gasteiger partial charge in [-0.2, -0.15) is 9.78 Å². The van der Waals surface area contributed by atoms with E-state index in [1.807, 2.05) is 73.9 Å². The summed E-state index contributed by atoms with van der Waals surface area (Å²) in [7, 11) is 1.57. The molecular weight excluding hydrogens is 392 g/mol. The average Bonchev–Trinajstić information content (AvgIpc) is 3.00. The standard InChI is InChI=1S/C24H24N4O3/c1-15-10-11-21(31-4)20(12-15)26-22(29)14-27-16(2)19-13-25-28(18-8-6-5-7-9-18)24(30)23(19)17(27)3/h5-13H,14H2,1-4H3,(H,26,29). The molecule has 0 saturated carbocycles. The highest BCUT2D eigenvalue weighted by molar-refractivity contribution is 5.94. The molecule has 0 aliphatic carbocycles. The van der Waals surface area contributed by atoms with Crippen molar-refractivity contribution in [3.63, 3.8) is 0 Å². The molecule has 4 rings (SSSR count). The number of fused-ring (bicyclic) bond motifs is 1. The molecule has 2 heterocycles. The van der Waals surface area contributed by atoms with E-state index in [4.69, 9.17) is 4.74 Å². The number of nitrogens with one attached hydrogen (secondary N) is 1. The lowest BCUT2D eigenvalue weighted by molar-refractivity contribution is -0.116. The zero-order valence-electron chi connectivity index (χ0n) is 18.0. The summed E-state index contributed by atoms with van der Waals surface area (Å²) in [6, 6.07) is 14.9. The average molecular weight is 416 g/mol. The number of aromatic nitrogens is 3. The predicted octanol–water partition coefficient (Wildman–Crippen LogP) is 3.76. The second-order valence-electron chi connectivity index (χ2n) is 7.49. The van der Waals surface area contributed by atoms with E-state index in [-0.39, 0.29) is 18.0 Å². The van der Waals surface area contributed by atoms with E-state index in [9.17, 15) is 9.59 Å². The second-order valence-corrected chi connectivity index (χ2v) is 7.49. The Morgan fingerprint density at radius 1 is 1.06 bits per heavy atom. The first-order valence-corrected chi connectivity index (χ1v) is 9.98. The van der Waals surface area contributed by atoms with Crippen LogP contribution >= 0.6 is 0 Å². The van der Waals surface area contributed by atoms with Gasteiger partial charge in [0.15, 0.2) is 0 Å². The summed E-state index contributed by atoms with van der Waals surface area (Å²) in [6.45, 7) is 5.78. The van der Waals surface area contributed by atoms with Gasteiger partial charge < -0.3 is 14.6 Å². The Kier molecular flexibility index (Phi) is 5.33. The van der Waals surface area contributed by atoms with E-state index < -0.39 is 0 Å². The molecular formula is C24H24N4O3. The molecule has 0 radical (unpaired) electrons. The highest BCUT2D eigenvalue weighted by Gasteiger charge is 2.19. The van der Waals surface area contributed by atoms with E-state index in [1.165, 1.54) is 4.68 Å². The first kappa shape index (κ1) is 20.4. The van der Waals surface area contributed by atoms with E-state index in [1.54, 1.807) is 13.3 Å². The van der Waals surface area contributed by atoms with Crippen LogP contribution < -0.4 is 15.6 Å². The Balaban J connectivity index is 1.70. The van der Waals surface area contributed by atoms with Gasteiger partial charge in [0.2, 0.25) is 5.91 Å². The molecule has 2 aromatic heterocycles. The minimum atomic E-state index is -0.205. The van der Waals surface area contributed by atoms with Crippen LogP contribution in [0.1, 0.15) is 17.0 Å². The summed E-state index contributed by atoms with van der Waals surface area (Å²) in [5, 5.41) is 8.58. The molecule has 7 heteroatoms. The van der Waals surface area contributed by atoms with Crippen molar-refractivity contribution in [1.82, 2.24) is 14.3 Å². The SMILES string of the molecule is COc1ccc(C)cc1NC(=O)Cn1c(C)c2cnn(-c3ccccc3)c(=O)c2c1C. The zero-order valence-corrected chi connectivity index (χ0v) is 18.0. The quantitative estimate of drug-likeness (QED) is 0.537. The van der Waals surface area contributed by atoms with Crippen molar-refractivity contribution in [1.29, 1.82) is 0 Å². The molecule has 0 fully saturated rings. The zero-order chi connectivity index (χ0) is 22.1. The van der Waals surface area contributed by atoms with E-state index in [0.29, 0.717) is 22.5 Å². The summed E-state index contributed by atoms with van der Waals surface area (Å²) in [5.74, 6) is 0.395. The molecule has 31 heavy (non-hydrogen) atoms. The molecule has 158 valence electrons. The number of ether oxygens (including phenoxy) is 1. The topological polar surface area (TPSA) is 78.2 Å². The first-order valence-electron chi connectivity index (χ1n) is 9.98. The molecule has 0 unspecified atom stereocenters. The molecule has 7 nitrogen and oxygen atoms in total. The fourth-order valence-corrected chi connectivity index (χ4v) is 3.85. The molecule has 0 bridgehead atoms. The van der Waals surface area contributed by atoms with Crippen LogP contribution in [0.3, 0.4) is 0 Å². The van der Waals surface area contributed by atoms with Gasteiger partial charge in [-0.3, -0.25) is 9.59 Å². The number of rotatable bonds is 5. The smallest absolute Gasteiger partial charge is 0.281 e. The maximum atomic E-state index is 13.2. The van der Waals surface area contributed by atoms with Crippen LogP contribution in [-0.2, 0) is 11.3 Å². The lowest BCUT2D eigenvalue weighted by Gasteiger charge is -2.13. The number of benzene rings is 2. The summed E-state index contributed by atoms with van der Waals surface area (Å²) >= 11 is 0. The number of hydrogen-bond acceptors (Lipinski definition) is 4. The third kappa shape index (κ3) is 3.70. The molecule has 1 amide bonds. The van der Waals surface area contributed by atoms with Gasteiger partial charge in [0.25, 0.3) is 5.56 Å². The van der Waals surface area contributed by atoms with Gasteiger partial charge in [0.1, 0.15) is 12.3 Å². The Bertz CT molecular complexity index is 1340. The van der Waals surface area contributed by atoms with Crippen molar-refractivity contribution in [2.75, 3.05) is 12.4 Å². The van der Waals surface area contributed by atoms with Crippen LogP contribution in [0.15, 0.2) is 59.5 Å². The number of hydrogen-bond donors (Lipinski definition) is 1. The molecule has 1 N–H and O–H groups in total. The number of anilines is 1. The van der Waals surface area contributed by atoms with Crippen molar-refractivity contribution in [2.45, 2.75) is 27.3 Å². The van der Waals surface area contributed by atoms with Crippen LogP contribution in [0, 0.1) is 20.8 Å². The minimum Gasteiger partial charge on any atom is -0.495 e. The Morgan fingerprint density at radius 2 is 1.81 bits per heavy atom. The fraction of sp³-hybridized carbons (Fsp3) is 0.208. The summed E-state index contributed by atoms with van der Waals surface area (Å²) in [5.41, 5.74) is 3.68. The number of methoxy groups -OCH3 is 1. The Labute approximate surface area is 179 Å². The molecule has 0 atom stereocenters. The van der Waals surface area contributed by atoms with Gasteiger partial charge in [0, 0.05) is 16.8 Å². The van der Waals surface area contributed by atoms with Crippen LogP contribution in [0.2, 0.25) is 0 Å². The molecule has 2 aromatic carbocycles. The van der Waals surface area contributed by atoms with Gasteiger partial charge in [-0.15, -0.1) is 0 Å². The van der Waals surface area contributed by atoms with Crippen LogP contribution in [-0.4, -0.2) is 27.4 Å². The lowest BCUT2D eigenvalue weighted by Crippen LogP contribution is -2.22. The Hall–Kier alpha value is -3.87. The van der Waals surface area contributed by atoms with Gasteiger partial charge in [-0.05, 0) is 50.6 Å². The monoisotopic (exact) mass is 416 g/mol. The van der Waals surface area contributed by atoms with Crippen molar-refractivity contribution < 1.29 is 9.53 Å². The normalized spacial score (nSPS) is 11.0. The molecule has 4 aromatic rings. The third-order valence-electron chi connectivity index (χ3n) is 5.47. The largest absolute Gasteiger partial charge is 0.495 e. The van der Waals surface area contributed by atoms with E-state index in [2.05, 4.69) is 10.4 Å². The van der Waals surface area contributed by atoms with Crippen LogP contribution in [0.25, 0.3) is 16.5 Å². The number of carbonyl (C=O) groups excluding carboxylic acids is 1. The molecule has 0 aliphatic rings. The third-order valence-corrected chi connectivity index (χ3v) is 5.47. The molecule has 0 spiro atoms. The van der Waals surface area contributed by atoms with Crippen LogP contribution in [0.5, 0.6) is 5.75 Å². The number of amides is 1. The summed E-state index contributed by atoms with van der Waals surface area (Å²) in [6.07, 6.45) is 1.68. The minimum absolute atomic E-state index is 0.0776. The lowest BCUT2D eigenvalue weighted by atomic mass is 10.2. The van der Waals surface area contributed by atoms with E-state index in [0.717, 1.165) is 22.3 Å². The van der Waals surface area contributed by atoms with E-state index >= 15 is 0 Å². The second kappa shape index (κ2) is 8.10. The maximum Gasteiger partial charge on any atom is 0.281 e. The summed E-state index contributed by atoms with van der Waals surface area (Å²) < 4.78 is 8.58. The van der Waals surface area contributed by atoms with Crippen molar-refractivity contribution >= 4 is 22.4 Å². The molecule has 0 saturated heterocycles. The highest BCUT2D eigenvalue weighted by atomic mass is 16.5. The van der Waals surface area contributed by atoms with Gasteiger partial charge >= 0.3 is 0 Å². The van der Waals surface area contributed by atoms with Crippen molar-refractivity contribution in [3.8, 4) is 11.4 Å². The molecule has 0 aliphatic heterocycles. The van der Waals surface area contributed by atoms with Gasteiger partial charge in [-0.25, -0.2) is 0 Å². The summed E-state index contributed by atoms with van der Waals surface area (Å²) in [4.78, 5) is 26.0. The van der Waals surface area contributed by atoms with Gasteiger partial charge in [0.05, 0.1) is 30.1 Å². The predicted molar refractivity (Wildman–Crippen MR) is 121 cm³/mol. The first-order chi connectivity index (χ1) is 14.9. The fourth-order valence-electron chi connectivity index (χ4n) is 3.85. The highest BCUT2D eigenvalue weighted by Crippen LogP contribution is 2.26. The number of para-hydroxylation sites is 1. The number of nitrogens with zero attached hydrogens (tertiary/aromatic N) is 3. The number of aryl methyl sites for hydroxylation is 3. The van der Waals surface area contributed by atoms with Crippen LogP contribution in [0.4, 0.5) is 5.69 Å². The van der Waals surface area contributed by atoms with Gasteiger partial charge in [-0.1, -0.05) is 24.3 Å². The Morgan fingerprint density at radius 3 is 2.52 bits per heavy atom. The number of carbonyl (C=O) groups is 1. The van der Waals surface area contributed by atoms with Crippen molar-refractivity contribution in [2.24, 2.45) is 0 Å². The maximum absolute atomic E-state index is 13.2.